The van der Waals surface area contributed by atoms with Crippen LogP contribution in [0.25, 0.3) is 0 Å². The molecular formula is C9H14ClNO. The van der Waals surface area contributed by atoms with Crippen molar-refractivity contribution in [3.63, 3.8) is 0 Å². The predicted octanol–water partition coefficient (Wildman–Crippen LogP) is 1.45. The number of nitrogens with two attached hydrogens (primary N) is 1. The molecular weight excluding hydrogens is 174 g/mol. The van der Waals surface area contributed by atoms with Crippen LogP contribution in [0.4, 0.5) is 0 Å². The molecule has 0 saturated heterocycles. The zero-order chi connectivity index (χ0) is 9.40. The molecule has 0 aromatic heterocycles. The van der Waals surface area contributed by atoms with Crippen LogP contribution in [0, 0.1) is 0 Å². The van der Waals surface area contributed by atoms with Crippen molar-refractivity contribution in [2.45, 2.75) is 6.42 Å². The van der Waals surface area contributed by atoms with Crippen molar-refractivity contribution >= 4 is 11.6 Å². The number of rotatable bonds is 2. The van der Waals surface area contributed by atoms with E-state index in [-0.39, 0.29) is 0 Å². The first kappa shape index (κ1) is 11.4. The van der Waals surface area contributed by atoms with Crippen molar-refractivity contribution in [2.24, 2.45) is 5.73 Å². The Kier molecular flexibility index (Phi) is 6.76. The van der Waals surface area contributed by atoms with Crippen molar-refractivity contribution < 1.29 is 5.11 Å². The topological polar surface area (TPSA) is 46.2 Å². The molecule has 0 amide bonds. The Morgan fingerprint density at radius 2 is 1.75 bits per heavy atom. The molecule has 0 bridgehead atoms. The maximum Gasteiger partial charge on any atom is 0.0406 e. The summed E-state index contributed by atoms with van der Waals surface area (Å²) >= 11 is 5.68. The van der Waals surface area contributed by atoms with Crippen molar-refractivity contribution in [2.75, 3.05) is 13.7 Å². The summed E-state index contributed by atoms with van der Waals surface area (Å²) in [4.78, 5) is 0. The van der Waals surface area contributed by atoms with E-state index in [0.717, 1.165) is 18.6 Å². The lowest BCUT2D eigenvalue weighted by Gasteiger charge is -1.96. The van der Waals surface area contributed by atoms with Gasteiger partial charge in [-0.05, 0) is 30.7 Å². The molecule has 0 spiro atoms. The molecule has 0 aliphatic rings. The van der Waals surface area contributed by atoms with Gasteiger partial charge in [-0.15, -0.1) is 0 Å². The minimum atomic E-state index is 0.696. The lowest BCUT2D eigenvalue weighted by Crippen LogP contribution is -2.01. The Bertz CT molecular complexity index is 198. The molecule has 0 fully saturated rings. The van der Waals surface area contributed by atoms with Crippen LogP contribution in [-0.2, 0) is 6.42 Å². The molecule has 3 N–H and O–H groups in total. The third-order valence-corrected chi connectivity index (χ3v) is 1.60. The first-order valence-corrected chi connectivity index (χ1v) is 4.10. The summed E-state index contributed by atoms with van der Waals surface area (Å²) in [5.41, 5.74) is 6.61. The van der Waals surface area contributed by atoms with E-state index in [0.29, 0.717) is 6.54 Å². The lowest BCUT2D eigenvalue weighted by atomic mass is 10.2. The summed E-state index contributed by atoms with van der Waals surface area (Å²) in [7, 11) is 1.00. The summed E-state index contributed by atoms with van der Waals surface area (Å²) in [6.07, 6.45) is 0.928. The first-order chi connectivity index (χ1) is 5.83. The highest BCUT2D eigenvalue weighted by atomic mass is 35.5. The number of aliphatic hydroxyl groups excluding tert-OH is 1. The fourth-order valence-electron chi connectivity index (χ4n) is 0.818. The Hall–Kier alpha value is -0.570. The van der Waals surface area contributed by atoms with E-state index in [4.69, 9.17) is 22.4 Å². The van der Waals surface area contributed by atoms with Gasteiger partial charge in [-0.2, -0.15) is 0 Å². The van der Waals surface area contributed by atoms with Gasteiger partial charge in [0.1, 0.15) is 0 Å². The average Bonchev–Trinajstić information content (AvgIpc) is 2.13. The van der Waals surface area contributed by atoms with Gasteiger partial charge in [0.05, 0.1) is 0 Å². The van der Waals surface area contributed by atoms with Crippen LogP contribution < -0.4 is 5.73 Å². The van der Waals surface area contributed by atoms with Crippen LogP contribution in [0.2, 0.25) is 5.02 Å². The molecule has 1 rings (SSSR count). The Labute approximate surface area is 78.0 Å². The fraction of sp³-hybridized carbons (Fsp3) is 0.333. The van der Waals surface area contributed by atoms with Gasteiger partial charge in [-0.1, -0.05) is 23.7 Å². The van der Waals surface area contributed by atoms with E-state index < -0.39 is 0 Å². The minimum Gasteiger partial charge on any atom is -0.400 e. The molecule has 0 radical (unpaired) electrons. The third kappa shape index (κ3) is 4.34. The summed E-state index contributed by atoms with van der Waals surface area (Å²) in [6, 6.07) is 7.75. The van der Waals surface area contributed by atoms with E-state index in [2.05, 4.69) is 0 Å². The zero-order valence-electron chi connectivity index (χ0n) is 7.13. The number of benzene rings is 1. The molecule has 68 valence electrons. The van der Waals surface area contributed by atoms with Crippen molar-refractivity contribution in [1.82, 2.24) is 0 Å². The van der Waals surface area contributed by atoms with Crippen molar-refractivity contribution in [3.05, 3.63) is 34.9 Å². The van der Waals surface area contributed by atoms with Crippen molar-refractivity contribution in [1.29, 1.82) is 0 Å². The number of hydrogen-bond donors (Lipinski definition) is 2. The Morgan fingerprint density at radius 1 is 1.25 bits per heavy atom. The maximum atomic E-state index is 7.00. The second kappa shape index (κ2) is 7.10. The maximum absolute atomic E-state index is 7.00. The molecule has 1 aromatic carbocycles. The average molecular weight is 188 g/mol. The predicted molar refractivity (Wildman–Crippen MR) is 52.4 cm³/mol. The lowest BCUT2D eigenvalue weighted by molar-refractivity contribution is 0.399. The molecule has 0 saturated carbocycles. The molecule has 1 aromatic rings. The summed E-state index contributed by atoms with van der Waals surface area (Å²) in [5, 5.41) is 7.78. The van der Waals surface area contributed by atoms with Gasteiger partial charge in [0.15, 0.2) is 0 Å². The van der Waals surface area contributed by atoms with Gasteiger partial charge in [-0.25, -0.2) is 0 Å². The first-order valence-electron chi connectivity index (χ1n) is 3.72. The normalized spacial score (nSPS) is 8.67. The second-order valence-electron chi connectivity index (χ2n) is 2.17. The van der Waals surface area contributed by atoms with Gasteiger partial charge in [-0.3, -0.25) is 0 Å². The fourth-order valence-corrected chi connectivity index (χ4v) is 0.944. The number of halogens is 1. The van der Waals surface area contributed by atoms with Gasteiger partial charge in [0, 0.05) is 12.1 Å². The molecule has 0 aliphatic carbocycles. The van der Waals surface area contributed by atoms with Crippen LogP contribution in [0.5, 0.6) is 0 Å². The van der Waals surface area contributed by atoms with Crippen molar-refractivity contribution in [3.8, 4) is 0 Å². The smallest absolute Gasteiger partial charge is 0.0406 e. The highest BCUT2D eigenvalue weighted by molar-refractivity contribution is 6.30. The molecule has 12 heavy (non-hydrogen) atoms. The van der Waals surface area contributed by atoms with Crippen LogP contribution >= 0.6 is 11.6 Å². The number of aliphatic hydroxyl groups is 1. The monoisotopic (exact) mass is 187 g/mol. The molecule has 0 atom stereocenters. The molecule has 3 heteroatoms. The minimum absolute atomic E-state index is 0.696. The standard InChI is InChI=1S/C8H10ClN.CH4O/c9-8-3-1-7(2-4-8)5-6-10;1-2/h1-4H,5-6,10H2;2H,1H3. The van der Waals surface area contributed by atoms with Crippen LogP contribution in [0.3, 0.4) is 0 Å². The molecule has 0 unspecified atom stereocenters. The van der Waals surface area contributed by atoms with Gasteiger partial charge in [0.25, 0.3) is 0 Å². The number of hydrogen-bond acceptors (Lipinski definition) is 2. The largest absolute Gasteiger partial charge is 0.400 e. The zero-order valence-corrected chi connectivity index (χ0v) is 7.88. The molecule has 0 aliphatic heterocycles. The van der Waals surface area contributed by atoms with Gasteiger partial charge < -0.3 is 10.8 Å². The Balaban J connectivity index is 0.000000561. The second-order valence-corrected chi connectivity index (χ2v) is 2.60. The summed E-state index contributed by atoms with van der Waals surface area (Å²) in [6.45, 7) is 0.696. The van der Waals surface area contributed by atoms with E-state index in [1.165, 1.54) is 5.56 Å². The van der Waals surface area contributed by atoms with Gasteiger partial charge >= 0.3 is 0 Å². The van der Waals surface area contributed by atoms with Crippen LogP contribution in [0.1, 0.15) is 5.56 Å². The van der Waals surface area contributed by atoms with E-state index in [1.807, 2.05) is 24.3 Å². The van der Waals surface area contributed by atoms with E-state index >= 15 is 0 Å². The SMILES string of the molecule is CO.NCCc1ccc(Cl)cc1. The quantitative estimate of drug-likeness (QED) is 0.736. The summed E-state index contributed by atoms with van der Waals surface area (Å²) < 4.78 is 0. The molecule has 0 heterocycles. The van der Waals surface area contributed by atoms with Gasteiger partial charge in [0.2, 0.25) is 0 Å². The van der Waals surface area contributed by atoms with E-state index in [9.17, 15) is 0 Å². The highest BCUT2D eigenvalue weighted by Crippen LogP contribution is 2.09. The Morgan fingerprint density at radius 3 is 2.17 bits per heavy atom. The summed E-state index contributed by atoms with van der Waals surface area (Å²) in [5.74, 6) is 0. The van der Waals surface area contributed by atoms with E-state index in [1.54, 1.807) is 0 Å². The van der Waals surface area contributed by atoms with Crippen LogP contribution in [0.15, 0.2) is 24.3 Å². The van der Waals surface area contributed by atoms with Crippen LogP contribution in [-0.4, -0.2) is 18.8 Å². The molecule has 2 nitrogen and oxygen atoms in total. The highest BCUT2D eigenvalue weighted by Gasteiger charge is 1.89. The third-order valence-electron chi connectivity index (χ3n) is 1.35.